The van der Waals surface area contributed by atoms with Gasteiger partial charge in [0.25, 0.3) is 11.8 Å². The van der Waals surface area contributed by atoms with Gasteiger partial charge in [-0.3, -0.25) is 28.9 Å². The quantitative estimate of drug-likeness (QED) is 0.0704. The van der Waals surface area contributed by atoms with Gasteiger partial charge >= 0.3 is 0 Å². The van der Waals surface area contributed by atoms with E-state index in [9.17, 15) is 44.4 Å². The van der Waals surface area contributed by atoms with Crippen molar-refractivity contribution in [3.63, 3.8) is 0 Å². The predicted octanol–water partition coefficient (Wildman–Crippen LogP) is -4.23. The van der Waals surface area contributed by atoms with Crippen LogP contribution in [0.25, 0.3) is 0 Å². The average Bonchev–Trinajstić information content (AvgIpc) is 3.15. The molecule has 1 heterocycles. The first-order chi connectivity index (χ1) is 16.5. The summed E-state index contributed by atoms with van der Waals surface area (Å²) in [4.78, 5) is 59.7. The molecule has 198 valence electrons. The lowest BCUT2D eigenvalue weighted by atomic mass is 10.0. The Morgan fingerprint density at radius 3 is 2.06 bits per heavy atom. The van der Waals surface area contributed by atoms with Crippen LogP contribution in [0.15, 0.2) is 12.2 Å². The summed E-state index contributed by atoms with van der Waals surface area (Å²) in [6.07, 6.45) is -3.36. The maximum absolute atomic E-state index is 12.1. The molecule has 0 fully saturated rings. The second kappa shape index (κ2) is 15.2. The fourth-order valence-electron chi connectivity index (χ4n) is 3.20. The monoisotopic (exact) mass is 502 g/mol. The molecule has 0 aromatic heterocycles. The molecule has 9 N–H and O–H groups in total. The van der Waals surface area contributed by atoms with Gasteiger partial charge in [0.15, 0.2) is 0 Å². The van der Waals surface area contributed by atoms with Crippen molar-refractivity contribution >= 4 is 29.5 Å². The van der Waals surface area contributed by atoms with Crippen molar-refractivity contribution in [1.82, 2.24) is 15.5 Å². The molecule has 0 saturated carbocycles. The number of unbranched alkanes of at least 4 members (excludes halogenated alkanes) is 2. The summed E-state index contributed by atoms with van der Waals surface area (Å²) in [5, 5.41) is 51.8. The molecule has 0 aromatic carbocycles. The highest BCUT2D eigenvalue weighted by atomic mass is 16.4. The zero-order valence-corrected chi connectivity index (χ0v) is 19.2. The van der Waals surface area contributed by atoms with Crippen LogP contribution in [0.1, 0.15) is 38.5 Å². The lowest BCUT2D eigenvalue weighted by Crippen LogP contribution is -2.50. The van der Waals surface area contributed by atoms with E-state index >= 15 is 0 Å². The van der Waals surface area contributed by atoms with E-state index in [1.807, 2.05) is 0 Å². The standard InChI is InChI=1S/C21H34N4O10/c22-21(35)12(5-6-15(29)23-10-13(27)19(33)20(34)14(28)11-26)24-16(30)4-2-1-3-9-25-17(31)7-8-18(25)32/h7-8,12-14,19-20,26-28,33-34H,1-6,9-11H2,(H2,22,35)(H,23,29)(H,24,30)/t12-,13-,14+,19+,20+/m0/s1. The molecule has 0 aliphatic carbocycles. The normalized spacial score (nSPS) is 17.6. The van der Waals surface area contributed by atoms with E-state index in [1.54, 1.807) is 0 Å². The van der Waals surface area contributed by atoms with E-state index in [0.717, 1.165) is 4.90 Å². The Morgan fingerprint density at radius 2 is 1.49 bits per heavy atom. The largest absolute Gasteiger partial charge is 0.394 e. The second-order valence-electron chi connectivity index (χ2n) is 8.14. The van der Waals surface area contributed by atoms with Gasteiger partial charge in [0.2, 0.25) is 17.7 Å². The van der Waals surface area contributed by atoms with Crippen LogP contribution in [0.4, 0.5) is 0 Å². The van der Waals surface area contributed by atoms with Gasteiger partial charge in [0, 0.05) is 38.1 Å². The molecule has 14 heteroatoms. The van der Waals surface area contributed by atoms with Crippen molar-refractivity contribution in [1.29, 1.82) is 0 Å². The van der Waals surface area contributed by atoms with Crippen molar-refractivity contribution in [2.45, 2.75) is 69.0 Å². The van der Waals surface area contributed by atoms with Gasteiger partial charge in [0.05, 0.1) is 12.7 Å². The van der Waals surface area contributed by atoms with Crippen LogP contribution in [0, 0.1) is 0 Å². The zero-order chi connectivity index (χ0) is 26.5. The van der Waals surface area contributed by atoms with E-state index in [2.05, 4.69) is 10.6 Å². The molecule has 5 amide bonds. The third kappa shape index (κ3) is 10.5. The number of carbonyl (C=O) groups is 5. The first-order valence-corrected chi connectivity index (χ1v) is 11.2. The molecule has 0 aromatic rings. The SMILES string of the molecule is NC(=O)[C@H](CCC(=O)NC[C@H](O)[C@@H](O)[C@H](O)[C@H](O)CO)NC(=O)CCCCCN1C(=O)C=CC1=O. The first-order valence-electron chi connectivity index (χ1n) is 11.2. The van der Waals surface area contributed by atoms with Crippen LogP contribution >= 0.6 is 0 Å². The number of nitrogens with two attached hydrogens (primary N) is 1. The number of hydrogen-bond acceptors (Lipinski definition) is 10. The van der Waals surface area contributed by atoms with Gasteiger partial charge in [-0.1, -0.05) is 6.42 Å². The van der Waals surface area contributed by atoms with Crippen LogP contribution in [0.3, 0.4) is 0 Å². The summed E-state index contributed by atoms with van der Waals surface area (Å²) in [5.74, 6) is -2.68. The highest BCUT2D eigenvalue weighted by molar-refractivity contribution is 6.12. The van der Waals surface area contributed by atoms with Gasteiger partial charge in [-0.2, -0.15) is 0 Å². The maximum Gasteiger partial charge on any atom is 0.253 e. The zero-order valence-electron chi connectivity index (χ0n) is 19.2. The number of nitrogens with one attached hydrogen (secondary N) is 2. The molecule has 1 rings (SSSR count). The number of aliphatic hydroxyl groups is 5. The summed E-state index contributed by atoms with van der Waals surface area (Å²) in [7, 11) is 0. The van der Waals surface area contributed by atoms with Crippen LogP contribution in [-0.2, 0) is 24.0 Å². The maximum atomic E-state index is 12.1. The van der Waals surface area contributed by atoms with Crippen LogP contribution in [0.5, 0.6) is 0 Å². The van der Waals surface area contributed by atoms with Crippen molar-refractivity contribution in [2.24, 2.45) is 5.73 Å². The number of primary amides is 1. The lowest BCUT2D eigenvalue weighted by Gasteiger charge is -2.25. The summed E-state index contributed by atoms with van der Waals surface area (Å²) in [5.41, 5.74) is 5.27. The van der Waals surface area contributed by atoms with Gasteiger partial charge in [0.1, 0.15) is 24.4 Å². The summed E-state index contributed by atoms with van der Waals surface area (Å²) in [6, 6.07) is -1.11. The van der Waals surface area contributed by atoms with Crippen molar-refractivity contribution in [3.8, 4) is 0 Å². The third-order valence-electron chi connectivity index (χ3n) is 5.36. The number of hydrogen-bond donors (Lipinski definition) is 8. The molecule has 1 aliphatic rings. The van der Waals surface area contributed by atoms with E-state index in [-0.39, 0.29) is 37.6 Å². The first kappa shape index (κ1) is 30.1. The minimum atomic E-state index is -1.83. The number of aliphatic hydroxyl groups excluding tert-OH is 5. The Bertz CT molecular complexity index is 772. The van der Waals surface area contributed by atoms with Crippen molar-refractivity contribution < 1.29 is 49.5 Å². The van der Waals surface area contributed by atoms with Gasteiger partial charge in [-0.15, -0.1) is 0 Å². The van der Waals surface area contributed by atoms with Gasteiger partial charge in [-0.05, 0) is 19.3 Å². The van der Waals surface area contributed by atoms with E-state index < -0.39 is 61.3 Å². The summed E-state index contributed by atoms with van der Waals surface area (Å²) < 4.78 is 0. The Hall–Kier alpha value is -2.91. The number of carbonyl (C=O) groups excluding carboxylic acids is 5. The predicted molar refractivity (Wildman–Crippen MR) is 119 cm³/mol. The molecule has 14 nitrogen and oxygen atoms in total. The second-order valence-corrected chi connectivity index (χ2v) is 8.14. The minimum absolute atomic E-state index is 0.0716. The Labute approximate surface area is 201 Å². The van der Waals surface area contributed by atoms with Gasteiger partial charge in [-0.25, -0.2) is 0 Å². The highest BCUT2D eigenvalue weighted by Gasteiger charge is 2.30. The van der Waals surface area contributed by atoms with Gasteiger partial charge < -0.3 is 41.9 Å². The molecule has 35 heavy (non-hydrogen) atoms. The van der Waals surface area contributed by atoms with Crippen LogP contribution in [-0.4, -0.2) is 110 Å². The Morgan fingerprint density at radius 1 is 0.886 bits per heavy atom. The fourth-order valence-corrected chi connectivity index (χ4v) is 3.20. The molecular formula is C21H34N4O10. The number of amides is 5. The van der Waals surface area contributed by atoms with Crippen LogP contribution in [0.2, 0.25) is 0 Å². The fraction of sp³-hybridized carbons (Fsp3) is 0.667. The lowest BCUT2D eigenvalue weighted by molar-refractivity contribution is -0.137. The van der Waals surface area contributed by atoms with E-state index in [0.29, 0.717) is 19.3 Å². The molecular weight excluding hydrogens is 468 g/mol. The van der Waals surface area contributed by atoms with E-state index in [4.69, 9.17) is 10.8 Å². The third-order valence-corrected chi connectivity index (χ3v) is 5.36. The van der Waals surface area contributed by atoms with Crippen molar-refractivity contribution in [2.75, 3.05) is 19.7 Å². The Kier molecular flexibility index (Phi) is 13.0. The highest BCUT2D eigenvalue weighted by Crippen LogP contribution is 2.08. The summed E-state index contributed by atoms with van der Waals surface area (Å²) in [6.45, 7) is -1.07. The Balaban J connectivity index is 2.30. The molecule has 0 radical (unpaired) electrons. The smallest absolute Gasteiger partial charge is 0.253 e. The topological polar surface area (TPSA) is 240 Å². The molecule has 0 spiro atoms. The average molecular weight is 503 g/mol. The van der Waals surface area contributed by atoms with Crippen LogP contribution < -0.4 is 16.4 Å². The van der Waals surface area contributed by atoms with Crippen molar-refractivity contribution in [3.05, 3.63) is 12.2 Å². The molecule has 0 bridgehead atoms. The molecule has 5 atom stereocenters. The molecule has 0 saturated heterocycles. The number of imide groups is 1. The number of rotatable bonds is 17. The molecule has 0 unspecified atom stereocenters. The summed E-state index contributed by atoms with van der Waals surface area (Å²) >= 11 is 0. The van der Waals surface area contributed by atoms with E-state index in [1.165, 1.54) is 12.2 Å². The molecule has 1 aliphatic heterocycles. The minimum Gasteiger partial charge on any atom is -0.394 e. The number of nitrogens with zero attached hydrogens (tertiary/aromatic N) is 1.